The van der Waals surface area contributed by atoms with Crippen LogP contribution in [0.5, 0.6) is 0 Å². The van der Waals surface area contributed by atoms with Crippen LogP contribution in [-0.2, 0) is 5.41 Å². The number of benzene rings is 1. The van der Waals surface area contributed by atoms with E-state index in [0.29, 0.717) is 0 Å². The molecule has 1 heteroatoms. The Hall–Kier alpha value is -1.76. The van der Waals surface area contributed by atoms with Crippen LogP contribution in [0.2, 0.25) is 0 Å². The molecule has 1 aromatic rings. The van der Waals surface area contributed by atoms with E-state index < -0.39 is 0 Å². The Morgan fingerprint density at radius 1 is 0.955 bits per heavy atom. The number of anilines is 1. The van der Waals surface area contributed by atoms with Crippen molar-refractivity contribution in [2.24, 2.45) is 5.41 Å². The molecule has 0 saturated heterocycles. The summed E-state index contributed by atoms with van der Waals surface area (Å²) in [5.74, 6) is 0. The first-order chi connectivity index (χ1) is 10.0. The fourth-order valence-corrected chi connectivity index (χ4v) is 2.25. The summed E-state index contributed by atoms with van der Waals surface area (Å²) in [4.78, 5) is 0. The highest BCUT2D eigenvalue weighted by atomic mass is 14.9. The molecule has 1 N–H and O–H groups in total. The summed E-state index contributed by atoms with van der Waals surface area (Å²) < 4.78 is 0. The van der Waals surface area contributed by atoms with Crippen molar-refractivity contribution in [3.63, 3.8) is 0 Å². The van der Waals surface area contributed by atoms with E-state index in [1.807, 2.05) is 6.08 Å². The molecule has 0 aliphatic heterocycles. The van der Waals surface area contributed by atoms with Gasteiger partial charge in [-0.25, -0.2) is 0 Å². The summed E-state index contributed by atoms with van der Waals surface area (Å²) in [6.07, 6.45) is 6.33. The first-order valence-corrected chi connectivity index (χ1v) is 7.95. The molecule has 0 bridgehead atoms. The smallest absolute Gasteiger partial charge is 0.0384 e. The molecule has 0 amide bonds. The molecule has 1 aromatic carbocycles. The number of hydrogen-bond acceptors (Lipinski definition) is 1. The van der Waals surface area contributed by atoms with Gasteiger partial charge < -0.3 is 5.32 Å². The molecule has 0 saturated carbocycles. The third kappa shape index (κ3) is 5.55. The van der Waals surface area contributed by atoms with E-state index in [-0.39, 0.29) is 10.8 Å². The molecule has 0 unspecified atom stereocenters. The van der Waals surface area contributed by atoms with Crippen molar-refractivity contribution in [1.29, 1.82) is 0 Å². The summed E-state index contributed by atoms with van der Waals surface area (Å²) in [6.45, 7) is 19.5. The molecule has 120 valence electrons. The molecule has 0 radical (unpaired) electrons. The molecular formula is C21H31N. The second-order valence-corrected chi connectivity index (χ2v) is 7.80. The molecular weight excluding hydrogens is 266 g/mol. The van der Waals surface area contributed by atoms with Crippen LogP contribution in [0.3, 0.4) is 0 Å². The fourth-order valence-electron chi connectivity index (χ4n) is 2.25. The molecule has 0 aliphatic carbocycles. The Morgan fingerprint density at radius 3 is 1.91 bits per heavy atom. The largest absolute Gasteiger partial charge is 0.356 e. The van der Waals surface area contributed by atoms with Gasteiger partial charge in [-0.05, 0) is 47.1 Å². The van der Waals surface area contributed by atoms with Gasteiger partial charge in [0.1, 0.15) is 0 Å². The zero-order valence-electron chi connectivity index (χ0n) is 15.2. The molecule has 0 heterocycles. The van der Waals surface area contributed by atoms with E-state index >= 15 is 0 Å². The van der Waals surface area contributed by atoms with Gasteiger partial charge in [-0.2, -0.15) is 0 Å². The number of allylic oxidation sites excluding steroid dienone is 4. The highest BCUT2D eigenvalue weighted by molar-refractivity contribution is 5.52. The van der Waals surface area contributed by atoms with Crippen LogP contribution in [0.25, 0.3) is 0 Å². The SMILES string of the molecule is C=C(/C=C\C(=C/C)C(C)(C)C)Nc1ccc(C(C)(C)C)cc1. The maximum Gasteiger partial charge on any atom is 0.0384 e. The lowest BCUT2D eigenvalue weighted by molar-refractivity contribution is 0.516. The van der Waals surface area contributed by atoms with E-state index in [2.05, 4.69) is 96.8 Å². The Labute approximate surface area is 136 Å². The van der Waals surface area contributed by atoms with Gasteiger partial charge in [-0.15, -0.1) is 0 Å². The van der Waals surface area contributed by atoms with Crippen molar-refractivity contribution in [3.05, 3.63) is 65.9 Å². The van der Waals surface area contributed by atoms with E-state index in [1.54, 1.807) is 0 Å². The lowest BCUT2D eigenvalue weighted by atomic mass is 9.86. The van der Waals surface area contributed by atoms with Gasteiger partial charge in [0, 0.05) is 11.4 Å². The van der Waals surface area contributed by atoms with Gasteiger partial charge in [0.05, 0.1) is 0 Å². The van der Waals surface area contributed by atoms with Crippen LogP contribution in [0.4, 0.5) is 5.69 Å². The quantitative estimate of drug-likeness (QED) is 0.629. The lowest BCUT2D eigenvalue weighted by Crippen LogP contribution is -2.10. The molecule has 0 fully saturated rings. The topological polar surface area (TPSA) is 12.0 Å². The molecule has 1 rings (SSSR count). The van der Waals surface area contributed by atoms with Crippen LogP contribution in [0, 0.1) is 5.41 Å². The molecule has 0 aliphatic rings. The van der Waals surface area contributed by atoms with Gasteiger partial charge in [0.15, 0.2) is 0 Å². The fraction of sp³-hybridized carbons (Fsp3) is 0.429. The second-order valence-electron chi connectivity index (χ2n) is 7.80. The summed E-state index contributed by atoms with van der Waals surface area (Å²) in [5.41, 5.74) is 4.94. The summed E-state index contributed by atoms with van der Waals surface area (Å²) >= 11 is 0. The van der Waals surface area contributed by atoms with Gasteiger partial charge in [-0.3, -0.25) is 0 Å². The normalized spacial score (nSPS) is 13.5. The van der Waals surface area contributed by atoms with Crippen LogP contribution >= 0.6 is 0 Å². The summed E-state index contributed by atoms with van der Waals surface area (Å²) in [5, 5.41) is 3.34. The monoisotopic (exact) mass is 297 g/mol. The summed E-state index contributed by atoms with van der Waals surface area (Å²) in [6, 6.07) is 8.57. The van der Waals surface area contributed by atoms with Crippen molar-refractivity contribution < 1.29 is 0 Å². The van der Waals surface area contributed by atoms with Crippen LogP contribution in [0.15, 0.2) is 60.3 Å². The zero-order chi connectivity index (χ0) is 17.0. The minimum absolute atomic E-state index is 0.153. The van der Waals surface area contributed by atoms with Crippen molar-refractivity contribution in [1.82, 2.24) is 0 Å². The van der Waals surface area contributed by atoms with Gasteiger partial charge in [0.2, 0.25) is 0 Å². The molecule has 1 nitrogen and oxygen atoms in total. The van der Waals surface area contributed by atoms with Crippen molar-refractivity contribution in [3.8, 4) is 0 Å². The average molecular weight is 297 g/mol. The third-order valence-corrected chi connectivity index (χ3v) is 3.70. The van der Waals surface area contributed by atoms with Gasteiger partial charge in [0.25, 0.3) is 0 Å². The summed E-state index contributed by atoms with van der Waals surface area (Å²) in [7, 11) is 0. The average Bonchev–Trinajstić information content (AvgIpc) is 2.37. The Kier molecular flexibility index (Phi) is 5.82. The Bertz CT molecular complexity index is 557. The van der Waals surface area contributed by atoms with Gasteiger partial charge >= 0.3 is 0 Å². The predicted molar refractivity (Wildman–Crippen MR) is 100 cm³/mol. The Balaban J connectivity index is 2.74. The van der Waals surface area contributed by atoms with E-state index in [9.17, 15) is 0 Å². The minimum Gasteiger partial charge on any atom is -0.356 e. The van der Waals surface area contributed by atoms with Crippen molar-refractivity contribution in [2.45, 2.75) is 53.9 Å². The first kappa shape index (κ1) is 18.3. The number of nitrogens with one attached hydrogen (secondary N) is 1. The minimum atomic E-state index is 0.153. The molecule has 0 aromatic heterocycles. The second kappa shape index (κ2) is 7.00. The van der Waals surface area contributed by atoms with Crippen molar-refractivity contribution in [2.75, 3.05) is 5.32 Å². The van der Waals surface area contributed by atoms with Crippen LogP contribution < -0.4 is 5.32 Å². The lowest BCUT2D eigenvalue weighted by Gasteiger charge is -2.20. The predicted octanol–water partition coefficient (Wildman–Crippen LogP) is 6.46. The van der Waals surface area contributed by atoms with Crippen LogP contribution in [0.1, 0.15) is 54.0 Å². The maximum absolute atomic E-state index is 4.08. The Morgan fingerprint density at radius 2 is 1.50 bits per heavy atom. The molecule has 0 atom stereocenters. The van der Waals surface area contributed by atoms with E-state index in [1.165, 1.54) is 11.1 Å². The van der Waals surface area contributed by atoms with Crippen LogP contribution in [-0.4, -0.2) is 0 Å². The zero-order valence-corrected chi connectivity index (χ0v) is 15.2. The molecule has 0 spiro atoms. The highest BCUT2D eigenvalue weighted by Crippen LogP contribution is 2.27. The standard InChI is InChI=1S/C21H31N/c1-9-17(20(3,4)5)11-10-16(2)22-19-14-12-18(13-15-19)21(6,7)8/h9-15,22H,2H2,1,3-8H3/b11-10-,17-9+. The first-order valence-electron chi connectivity index (χ1n) is 7.95. The molecule has 22 heavy (non-hydrogen) atoms. The maximum atomic E-state index is 4.08. The number of hydrogen-bond donors (Lipinski definition) is 1. The highest BCUT2D eigenvalue weighted by Gasteiger charge is 2.14. The number of rotatable bonds is 4. The van der Waals surface area contributed by atoms with E-state index in [0.717, 1.165) is 11.4 Å². The third-order valence-electron chi connectivity index (χ3n) is 3.70. The van der Waals surface area contributed by atoms with Crippen molar-refractivity contribution >= 4 is 5.69 Å². The van der Waals surface area contributed by atoms with E-state index in [4.69, 9.17) is 0 Å². The van der Waals surface area contributed by atoms with Gasteiger partial charge in [-0.1, -0.05) is 72.4 Å².